The fourth-order valence-electron chi connectivity index (χ4n) is 9.50. The Bertz CT molecular complexity index is 2420. The number of allylic oxidation sites excluding steroid dienone is 2. The minimum absolute atomic E-state index is 0.465. The van der Waals surface area contributed by atoms with Crippen LogP contribution in [0.2, 0.25) is 0 Å². The van der Waals surface area contributed by atoms with E-state index in [1.54, 1.807) is 0 Å². The van der Waals surface area contributed by atoms with Crippen LogP contribution in [0.4, 0.5) is 0 Å². The zero-order valence-electron chi connectivity index (χ0n) is 23.8. The molecule has 2 aromatic heterocycles. The third kappa shape index (κ3) is 2.28. The molecule has 0 N–H and O–H groups in total. The van der Waals surface area contributed by atoms with Gasteiger partial charge < -0.3 is 0 Å². The molecule has 0 radical (unpaired) electrons. The quantitative estimate of drug-likeness (QED) is 0.186. The lowest BCUT2D eigenvalue weighted by molar-refractivity contribution is 0.821. The molecular formula is C42H24N2. The monoisotopic (exact) mass is 556 g/mol. The number of nitrogens with zero attached hydrogens (tertiary/aromatic N) is 2. The van der Waals surface area contributed by atoms with E-state index >= 15 is 0 Å². The summed E-state index contributed by atoms with van der Waals surface area (Å²) in [5, 5.41) is 1.21. The fourth-order valence-corrected chi connectivity index (χ4v) is 9.50. The summed E-state index contributed by atoms with van der Waals surface area (Å²) in [6.45, 7) is 0. The molecule has 7 aromatic rings. The number of hydrogen-bond donors (Lipinski definition) is 0. The van der Waals surface area contributed by atoms with Crippen LogP contribution in [0.5, 0.6) is 0 Å². The van der Waals surface area contributed by atoms with Crippen molar-refractivity contribution in [3.63, 3.8) is 0 Å². The van der Waals surface area contributed by atoms with Crippen LogP contribution in [0, 0.1) is 0 Å². The number of pyridine rings is 2. The van der Waals surface area contributed by atoms with Crippen molar-refractivity contribution in [2.24, 2.45) is 0 Å². The smallest absolute Gasteiger partial charge is 0.0744 e. The topological polar surface area (TPSA) is 25.8 Å². The van der Waals surface area contributed by atoms with Gasteiger partial charge in [0.15, 0.2) is 0 Å². The summed E-state index contributed by atoms with van der Waals surface area (Å²) in [7, 11) is 0. The van der Waals surface area contributed by atoms with Crippen molar-refractivity contribution in [1.29, 1.82) is 0 Å². The lowest BCUT2D eigenvalue weighted by atomic mass is 9.67. The summed E-state index contributed by atoms with van der Waals surface area (Å²) in [6, 6.07) is 47.2. The molecule has 0 amide bonds. The van der Waals surface area contributed by atoms with E-state index in [-0.39, 0.29) is 0 Å². The highest BCUT2D eigenvalue weighted by molar-refractivity contribution is 6.20. The summed E-state index contributed by atoms with van der Waals surface area (Å²) in [5.74, 6) is 0. The Hall–Kier alpha value is -5.60. The number of benzene rings is 5. The van der Waals surface area contributed by atoms with Gasteiger partial charge in [-0.1, -0.05) is 115 Å². The fraction of sp³-hybridized carbons (Fsp3) is 0.0476. The Labute approximate surface area is 255 Å². The van der Waals surface area contributed by atoms with Crippen molar-refractivity contribution >= 4 is 22.0 Å². The molecule has 11 rings (SSSR count). The number of para-hydroxylation sites is 1. The average Bonchev–Trinajstić information content (AvgIpc) is 3.77. The SMILES string of the molecule is c1ccc2c(c1)C1=C(c3ccccc3C13c1ccccc1-c1c3cnc3ccccc13)C21c2ccccc2-c2ccncc21. The Morgan fingerprint density at radius 2 is 0.886 bits per heavy atom. The van der Waals surface area contributed by atoms with Gasteiger partial charge in [0.05, 0.1) is 16.3 Å². The van der Waals surface area contributed by atoms with E-state index in [0.717, 1.165) is 5.52 Å². The highest BCUT2D eigenvalue weighted by Gasteiger charge is 2.63. The zero-order valence-corrected chi connectivity index (χ0v) is 23.8. The largest absolute Gasteiger partial charge is 0.264 e. The van der Waals surface area contributed by atoms with Crippen LogP contribution in [0.25, 0.3) is 44.3 Å². The maximum Gasteiger partial charge on any atom is 0.0744 e. The molecule has 2 atom stereocenters. The number of hydrogen-bond acceptors (Lipinski definition) is 2. The molecule has 2 spiro atoms. The van der Waals surface area contributed by atoms with Crippen LogP contribution in [-0.2, 0) is 10.8 Å². The minimum Gasteiger partial charge on any atom is -0.264 e. The van der Waals surface area contributed by atoms with Crippen LogP contribution in [0.15, 0.2) is 146 Å². The van der Waals surface area contributed by atoms with Crippen LogP contribution in [-0.4, -0.2) is 9.97 Å². The van der Waals surface area contributed by atoms with Crippen LogP contribution >= 0.6 is 0 Å². The number of rotatable bonds is 0. The normalized spacial score (nSPS) is 20.8. The first-order valence-corrected chi connectivity index (χ1v) is 15.3. The van der Waals surface area contributed by atoms with Crippen molar-refractivity contribution in [2.45, 2.75) is 10.8 Å². The summed E-state index contributed by atoms with van der Waals surface area (Å²) >= 11 is 0. The highest BCUT2D eigenvalue weighted by Crippen LogP contribution is 2.74. The molecule has 0 saturated heterocycles. The minimum atomic E-state index is -0.492. The predicted molar refractivity (Wildman–Crippen MR) is 176 cm³/mol. The molecule has 2 heteroatoms. The van der Waals surface area contributed by atoms with Crippen molar-refractivity contribution in [3.8, 4) is 22.3 Å². The van der Waals surface area contributed by atoms with E-state index < -0.39 is 10.8 Å². The van der Waals surface area contributed by atoms with Crippen molar-refractivity contribution in [2.75, 3.05) is 0 Å². The molecule has 44 heavy (non-hydrogen) atoms. The van der Waals surface area contributed by atoms with Crippen molar-refractivity contribution in [1.82, 2.24) is 9.97 Å². The van der Waals surface area contributed by atoms with Crippen LogP contribution in [0.1, 0.15) is 44.5 Å². The second kappa shape index (κ2) is 7.67. The first-order chi connectivity index (χ1) is 21.9. The van der Waals surface area contributed by atoms with E-state index in [1.807, 2.05) is 6.20 Å². The van der Waals surface area contributed by atoms with Gasteiger partial charge in [-0.25, -0.2) is 0 Å². The van der Waals surface area contributed by atoms with Gasteiger partial charge in [-0.2, -0.15) is 0 Å². The summed E-state index contributed by atoms with van der Waals surface area (Å²) in [4.78, 5) is 9.89. The van der Waals surface area contributed by atoms with E-state index in [0.29, 0.717) is 0 Å². The van der Waals surface area contributed by atoms with E-state index in [4.69, 9.17) is 9.97 Å². The average molecular weight is 557 g/mol. The van der Waals surface area contributed by atoms with Gasteiger partial charge in [-0.3, -0.25) is 9.97 Å². The Kier molecular flexibility index (Phi) is 3.99. The molecule has 4 aliphatic rings. The highest BCUT2D eigenvalue weighted by atomic mass is 14.7. The molecule has 5 aromatic carbocycles. The van der Waals surface area contributed by atoms with Gasteiger partial charge in [0.1, 0.15) is 0 Å². The summed E-state index contributed by atoms with van der Waals surface area (Å²) < 4.78 is 0. The molecule has 202 valence electrons. The lowest BCUT2D eigenvalue weighted by Crippen LogP contribution is -2.28. The second-order valence-corrected chi connectivity index (χ2v) is 12.4. The van der Waals surface area contributed by atoms with Gasteiger partial charge in [-0.05, 0) is 90.0 Å². The summed E-state index contributed by atoms with van der Waals surface area (Å²) in [6.07, 6.45) is 6.24. The molecular weight excluding hydrogens is 532 g/mol. The molecule has 2 nitrogen and oxygen atoms in total. The maximum absolute atomic E-state index is 5.13. The predicted octanol–water partition coefficient (Wildman–Crippen LogP) is 9.20. The second-order valence-electron chi connectivity index (χ2n) is 12.4. The van der Waals surface area contributed by atoms with E-state index in [2.05, 4.69) is 140 Å². The molecule has 0 saturated carbocycles. The van der Waals surface area contributed by atoms with Crippen molar-refractivity contribution < 1.29 is 0 Å². The lowest BCUT2D eigenvalue weighted by Gasteiger charge is -2.34. The Balaban J connectivity index is 1.40. The van der Waals surface area contributed by atoms with Gasteiger partial charge >= 0.3 is 0 Å². The first-order valence-electron chi connectivity index (χ1n) is 15.3. The van der Waals surface area contributed by atoms with Gasteiger partial charge in [0.2, 0.25) is 0 Å². The first kappa shape index (κ1) is 22.9. The molecule has 0 aliphatic heterocycles. The van der Waals surface area contributed by atoms with Crippen LogP contribution in [0.3, 0.4) is 0 Å². The molecule has 4 aliphatic carbocycles. The third-order valence-electron chi connectivity index (χ3n) is 10.8. The Morgan fingerprint density at radius 1 is 0.386 bits per heavy atom. The van der Waals surface area contributed by atoms with Gasteiger partial charge in [0.25, 0.3) is 0 Å². The van der Waals surface area contributed by atoms with E-state index in [1.165, 1.54) is 83.3 Å². The molecule has 2 unspecified atom stereocenters. The summed E-state index contributed by atoms with van der Waals surface area (Å²) in [5.41, 5.74) is 18.6. The van der Waals surface area contributed by atoms with E-state index in [9.17, 15) is 0 Å². The van der Waals surface area contributed by atoms with Crippen molar-refractivity contribution in [3.05, 3.63) is 190 Å². The van der Waals surface area contributed by atoms with Gasteiger partial charge in [-0.15, -0.1) is 0 Å². The van der Waals surface area contributed by atoms with Gasteiger partial charge in [0, 0.05) is 24.0 Å². The number of aromatic nitrogens is 2. The zero-order chi connectivity index (χ0) is 28.6. The molecule has 0 fully saturated rings. The number of fused-ring (bicyclic) bond motifs is 20. The standard InChI is InChI=1S/C42H24N2/c1-6-16-31-25(11-1)26-21-22-43-23-35(26)41(31)33-18-8-3-13-28(33)40-39(41)29-14-4-9-19-34(29)42(40)32-17-7-2-12-27(32)38-30-15-5-10-20-37(30)44-24-36(38)42/h1-24H. The maximum atomic E-state index is 5.13. The third-order valence-corrected chi connectivity index (χ3v) is 10.8. The van der Waals surface area contributed by atoms with Crippen LogP contribution < -0.4 is 0 Å². The molecule has 2 heterocycles. The molecule has 0 bridgehead atoms. The Morgan fingerprint density at radius 3 is 1.59 bits per heavy atom.